The van der Waals surface area contributed by atoms with Crippen LogP contribution in [0.15, 0.2) is 48.5 Å². The number of benzene rings is 2. The molecule has 2 aliphatic heterocycles. The van der Waals surface area contributed by atoms with Gasteiger partial charge in [0, 0.05) is 69.2 Å². The molecule has 0 saturated carbocycles. The molecule has 8 nitrogen and oxygen atoms in total. The van der Waals surface area contributed by atoms with E-state index in [1.54, 1.807) is 26.2 Å². The molecule has 0 unspecified atom stereocenters. The van der Waals surface area contributed by atoms with Crippen LogP contribution >= 0.6 is 0 Å². The average molecular weight is 479 g/mol. The van der Waals surface area contributed by atoms with E-state index in [0.29, 0.717) is 30.4 Å². The van der Waals surface area contributed by atoms with Crippen LogP contribution in [0.25, 0.3) is 0 Å². The van der Waals surface area contributed by atoms with Gasteiger partial charge in [-0.1, -0.05) is 30.3 Å². The lowest BCUT2D eigenvalue weighted by molar-refractivity contribution is -0.131. The van der Waals surface area contributed by atoms with Crippen LogP contribution in [0.1, 0.15) is 37.3 Å². The summed E-state index contributed by atoms with van der Waals surface area (Å²) in [6.07, 6.45) is 0.868. The van der Waals surface area contributed by atoms with Crippen molar-refractivity contribution in [3.63, 3.8) is 0 Å². The fraction of sp³-hybridized carbons (Fsp3) is 0.444. The normalized spacial score (nSPS) is 21.8. The second-order valence-electron chi connectivity index (χ2n) is 9.43. The van der Waals surface area contributed by atoms with E-state index in [1.165, 1.54) is 12.5 Å². The quantitative estimate of drug-likeness (QED) is 0.639. The van der Waals surface area contributed by atoms with Gasteiger partial charge in [-0.05, 0) is 30.2 Å². The van der Waals surface area contributed by atoms with Crippen LogP contribution in [-0.2, 0) is 20.9 Å². The molecule has 0 spiro atoms. The largest absolute Gasteiger partial charge is 0.496 e. The summed E-state index contributed by atoms with van der Waals surface area (Å²) in [5.74, 6) is 1.14. The predicted molar refractivity (Wildman–Crippen MR) is 134 cm³/mol. The topological polar surface area (TPSA) is 91.0 Å². The Bertz CT molecular complexity index is 1070. The third-order valence-electron chi connectivity index (χ3n) is 7.09. The highest BCUT2D eigenvalue weighted by atomic mass is 16.5. The van der Waals surface area contributed by atoms with Crippen molar-refractivity contribution in [2.45, 2.75) is 38.8 Å². The molecule has 3 atom stereocenters. The number of nitrogens with one attached hydrogen (secondary N) is 2. The van der Waals surface area contributed by atoms with Gasteiger partial charge in [-0.15, -0.1) is 0 Å². The Morgan fingerprint density at radius 3 is 2.51 bits per heavy atom. The lowest BCUT2D eigenvalue weighted by Crippen LogP contribution is -2.50. The summed E-state index contributed by atoms with van der Waals surface area (Å²) in [7, 11) is 1.58. The van der Waals surface area contributed by atoms with Crippen LogP contribution in [0.5, 0.6) is 5.75 Å². The Morgan fingerprint density at radius 2 is 1.83 bits per heavy atom. The van der Waals surface area contributed by atoms with Crippen molar-refractivity contribution in [1.29, 1.82) is 0 Å². The van der Waals surface area contributed by atoms with Crippen LogP contribution in [0, 0.1) is 5.92 Å². The molecule has 2 fully saturated rings. The van der Waals surface area contributed by atoms with Gasteiger partial charge in [0.1, 0.15) is 5.75 Å². The number of hydrogen-bond donors (Lipinski definition) is 2. The summed E-state index contributed by atoms with van der Waals surface area (Å²) in [6.45, 7) is 6.01. The van der Waals surface area contributed by atoms with E-state index < -0.39 is 0 Å². The van der Waals surface area contributed by atoms with Crippen molar-refractivity contribution in [2.75, 3.05) is 38.6 Å². The molecule has 0 aliphatic carbocycles. The average Bonchev–Trinajstić information content (AvgIpc) is 3.22. The molecule has 2 N–H and O–H groups in total. The molecule has 35 heavy (non-hydrogen) atoms. The van der Waals surface area contributed by atoms with Crippen molar-refractivity contribution in [2.24, 2.45) is 5.92 Å². The van der Waals surface area contributed by atoms with Crippen LogP contribution in [-0.4, -0.2) is 66.9 Å². The number of methoxy groups -OCH3 is 1. The number of likely N-dealkylation sites (tertiary alicyclic amines) is 2. The number of rotatable bonds is 7. The summed E-state index contributed by atoms with van der Waals surface area (Å²) >= 11 is 0. The minimum atomic E-state index is -0.155. The Hall–Kier alpha value is -3.39. The number of carbonyl (C=O) groups excluding carboxylic acids is 3. The summed E-state index contributed by atoms with van der Waals surface area (Å²) in [4.78, 5) is 40.7. The van der Waals surface area contributed by atoms with Gasteiger partial charge in [0.15, 0.2) is 0 Å². The van der Waals surface area contributed by atoms with Crippen molar-refractivity contribution in [1.82, 2.24) is 15.1 Å². The fourth-order valence-corrected chi connectivity index (χ4v) is 5.51. The zero-order valence-corrected chi connectivity index (χ0v) is 20.6. The van der Waals surface area contributed by atoms with Crippen molar-refractivity contribution in [3.05, 3.63) is 59.7 Å². The number of amides is 3. The number of hydrogen-bond acceptors (Lipinski definition) is 5. The van der Waals surface area contributed by atoms with Gasteiger partial charge in [0.25, 0.3) is 0 Å². The minimum absolute atomic E-state index is 0.0619. The zero-order chi connectivity index (χ0) is 24.9. The zero-order valence-electron chi connectivity index (χ0n) is 20.6. The molecule has 4 rings (SSSR count). The predicted octanol–water partition coefficient (Wildman–Crippen LogP) is 2.61. The van der Waals surface area contributed by atoms with E-state index >= 15 is 0 Å². The monoisotopic (exact) mass is 478 g/mol. The number of ether oxygens (including phenoxy) is 1. The summed E-state index contributed by atoms with van der Waals surface area (Å²) in [5, 5.41) is 5.75. The maximum Gasteiger partial charge on any atom is 0.234 e. The summed E-state index contributed by atoms with van der Waals surface area (Å²) in [5.41, 5.74) is 2.71. The van der Waals surface area contributed by atoms with Crippen LogP contribution in [0.3, 0.4) is 0 Å². The second kappa shape index (κ2) is 10.9. The molecular formula is C27H34N4O4. The number of fused-ring (bicyclic) bond motifs is 1. The van der Waals surface area contributed by atoms with E-state index in [1.807, 2.05) is 29.2 Å². The Balaban J connectivity index is 1.38. The highest BCUT2D eigenvalue weighted by molar-refractivity contribution is 5.88. The molecule has 2 aliphatic rings. The van der Waals surface area contributed by atoms with E-state index in [-0.39, 0.29) is 29.7 Å². The molecule has 8 heteroatoms. The van der Waals surface area contributed by atoms with Crippen LogP contribution < -0.4 is 15.4 Å². The SMILES string of the molecule is COc1ccc(NC(C)=O)cc1CNC(=O)CN1CC[C@@H]2[C@H](C1)[C@@H](c1ccccc1)CN2C(C)=O. The van der Waals surface area contributed by atoms with E-state index in [4.69, 9.17) is 4.74 Å². The molecule has 186 valence electrons. The van der Waals surface area contributed by atoms with Gasteiger partial charge in [-0.3, -0.25) is 19.3 Å². The molecule has 3 amide bonds. The third-order valence-corrected chi connectivity index (χ3v) is 7.09. The van der Waals surface area contributed by atoms with Crippen molar-refractivity contribution in [3.8, 4) is 5.75 Å². The van der Waals surface area contributed by atoms with Crippen molar-refractivity contribution < 1.29 is 19.1 Å². The molecule has 2 aromatic rings. The van der Waals surface area contributed by atoms with E-state index in [9.17, 15) is 14.4 Å². The molecule has 2 saturated heterocycles. The first kappa shape index (κ1) is 24.7. The standard InChI is InChI=1S/C27H34N4O4/c1-18(32)29-22-9-10-26(35-3)21(13-22)14-28-27(34)17-30-12-11-25-24(15-30)23(16-31(25)19(2)33)20-7-5-4-6-8-20/h4-10,13,23-25H,11-12,14-17H2,1-3H3,(H,28,34)(H,29,32)/t23-,24-,25-/m1/s1. The first-order valence-electron chi connectivity index (χ1n) is 12.1. The van der Waals surface area contributed by atoms with E-state index in [0.717, 1.165) is 31.6 Å². The van der Waals surface area contributed by atoms with E-state index in [2.05, 4.69) is 27.7 Å². The van der Waals surface area contributed by atoms with Gasteiger partial charge < -0.3 is 20.3 Å². The highest BCUT2D eigenvalue weighted by Gasteiger charge is 2.46. The Kier molecular flexibility index (Phi) is 7.70. The van der Waals surface area contributed by atoms with Gasteiger partial charge in [-0.25, -0.2) is 0 Å². The summed E-state index contributed by atoms with van der Waals surface area (Å²) < 4.78 is 5.41. The maximum absolute atomic E-state index is 12.8. The number of anilines is 1. The first-order chi connectivity index (χ1) is 16.9. The number of carbonyl (C=O) groups is 3. The summed E-state index contributed by atoms with van der Waals surface area (Å²) in [6, 6.07) is 16.0. The van der Waals surface area contributed by atoms with Crippen molar-refractivity contribution >= 4 is 23.4 Å². The number of nitrogens with zero attached hydrogens (tertiary/aromatic N) is 2. The Morgan fingerprint density at radius 1 is 1.06 bits per heavy atom. The third kappa shape index (κ3) is 5.82. The molecular weight excluding hydrogens is 444 g/mol. The van der Waals surface area contributed by atoms with Gasteiger partial charge in [0.05, 0.1) is 13.7 Å². The molecule has 0 bridgehead atoms. The maximum atomic E-state index is 12.8. The minimum Gasteiger partial charge on any atom is -0.496 e. The highest BCUT2D eigenvalue weighted by Crippen LogP contribution is 2.41. The first-order valence-corrected chi connectivity index (χ1v) is 12.1. The lowest BCUT2D eigenvalue weighted by atomic mass is 9.82. The van der Waals surface area contributed by atoms with Gasteiger partial charge in [0.2, 0.25) is 17.7 Å². The second-order valence-corrected chi connectivity index (χ2v) is 9.43. The fourth-order valence-electron chi connectivity index (χ4n) is 5.51. The number of piperidine rings is 1. The molecule has 0 aromatic heterocycles. The molecule has 0 radical (unpaired) electrons. The van der Waals surface area contributed by atoms with Crippen LogP contribution in [0.2, 0.25) is 0 Å². The Labute approximate surface area is 206 Å². The smallest absolute Gasteiger partial charge is 0.234 e. The van der Waals surface area contributed by atoms with Crippen LogP contribution in [0.4, 0.5) is 5.69 Å². The van der Waals surface area contributed by atoms with Gasteiger partial charge >= 0.3 is 0 Å². The van der Waals surface area contributed by atoms with Gasteiger partial charge in [-0.2, -0.15) is 0 Å². The lowest BCUT2D eigenvalue weighted by Gasteiger charge is -2.38. The molecule has 2 aromatic carbocycles. The molecule has 2 heterocycles.